The van der Waals surface area contributed by atoms with E-state index in [-0.39, 0.29) is 5.41 Å². The van der Waals surface area contributed by atoms with Gasteiger partial charge in [0.05, 0.1) is 22.7 Å². The first-order valence-electron chi connectivity index (χ1n) is 7.59. The van der Waals surface area contributed by atoms with Crippen molar-refractivity contribution in [3.63, 3.8) is 0 Å². The lowest BCUT2D eigenvalue weighted by atomic mass is 9.75. The van der Waals surface area contributed by atoms with Crippen molar-refractivity contribution in [3.8, 4) is 6.07 Å². The van der Waals surface area contributed by atoms with Crippen molar-refractivity contribution < 1.29 is 0 Å². The third-order valence-electron chi connectivity index (χ3n) is 4.69. The van der Waals surface area contributed by atoms with Crippen LogP contribution in [0.3, 0.4) is 0 Å². The maximum atomic E-state index is 9.05. The van der Waals surface area contributed by atoms with Crippen molar-refractivity contribution in [1.29, 1.82) is 5.26 Å². The molecule has 1 saturated carbocycles. The van der Waals surface area contributed by atoms with Gasteiger partial charge >= 0.3 is 0 Å². The molecule has 20 heavy (non-hydrogen) atoms. The monoisotopic (exact) mass is 267 g/mol. The quantitative estimate of drug-likeness (QED) is 0.820. The molecule has 1 heterocycles. The largest absolute Gasteiger partial charge is 0.328 e. The van der Waals surface area contributed by atoms with Crippen molar-refractivity contribution in [2.45, 2.75) is 57.9 Å². The predicted molar refractivity (Wildman–Crippen MR) is 80.6 cm³/mol. The van der Waals surface area contributed by atoms with Crippen molar-refractivity contribution >= 4 is 11.0 Å². The molecule has 3 heteroatoms. The smallest absolute Gasteiger partial charge is 0.115 e. The summed E-state index contributed by atoms with van der Waals surface area (Å²) in [6.45, 7) is 5.47. The van der Waals surface area contributed by atoms with E-state index in [1.165, 1.54) is 37.9 Å². The Kier molecular flexibility index (Phi) is 3.25. The average Bonchev–Trinajstić information content (AvgIpc) is 2.86. The fraction of sp³-hybridized carbons (Fsp3) is 0.529. The SMILES string of the molecule is CCn1c(C2(C)CCCCC2)nc2cc(C#N)ccc21. The molecule has 2 aromatic rings. The van der Waals surface area contributed by atoms with Gasteiger partial charge in [0.15, 0.2) is 0 Å². The summed E-state index contributed by atoms with van der Waals surface area (Å²) < 4.78 is 2.34. The minimum absolute atomic E-state index is 0.195. The molecule has 3 nitrogen and oxygen atoms in total. The van der Waals surface area contributed by atoms with Crippen LogP contribution in [0, 0.1) is 11.3 Å². The second kappa shape index (κ2) is 4.94. The van der Waals surface area contributed by atoms with Crippen LogP contribution in [0.4, 0.5) is 0 Å². The molecule has 1 fully saturated rings. The number of rotatable bonds is 2. The Bertz CT molecular complexity index is 669. The summed E-state index contributed by atoms with van der Waals surface area (Å²) >= 11 is 0. The zero-order valence-electron chi connectivity index (χ0n) is 12.3. The minimum Gasteiger partial charge on any atom is -0.328 e. The van der Waals surface area contributed by atoms with Gasteiger partial charge in [-0.05, 0) is 38.0 Å². The summed E-state index contributed by atoms with van der Waals surface area (Å²) in [6.07, 6.45) is 6.39. The molecule has 0 unspecified atom stereocenters. The summed E-state index contributed by atoms with van der Waals surface area (Å²) in [5.41, 5.74) is 3.01. The summed E-state index contributed by atoms with van der Waals surface area (Å²) in [6, 6.07) is 8.05. The van der Waals surface area contributed by atoms with Gasteiger partial charge in [0, 0.05) is 12.0 Å². The lowest BCUT2D eigenvalue weighted by Crippen LogP contribution is -2.29. The van der Waals surface area contributed by atoms with Crippen LogP contribution < -0.4 is 0 Å². The number of aryl methyl sites for hydroxylation is 1. The second-order valence-corrected chi connectivity index (χ2v) is 6.12. The van der Waals surface area contributed by atoms with Gasteiger partial charge < -0.3 is 4.57 Å². The Morgan fingerprint density at radius 2 is 2.05 bits per heavy atom. The van der Waals surface area contributed by atoms with E-state index in [0.717, 1.165) is 17.6 Å². The molecule has 0 N–H and O–H groups in total. The topological polar surface area (TPSA) is 41.6 Å². The number of aromatic nitrogens is 2. The molecule has 1 aromatic heterocycles. The summed E-state index contributed by atoms with van der Waals surface area (Å²) in [5.74, 6) is 1.21. The standard InChI is InChI=1S/C17H21N3/c1-3-20-15-8-7-13(12-18)11-14(15)19-16(20)17(2)9-5-4-6-10-17/h7-8,11H,3-6,9-10H2,1-2H3. The molecule has 0 radical (unpaired) electrons. The van der Waals surface area contributed by atoms with E-state index in [4.69, 9.17) is 10.2 Å². The number of imidazole rings is 1. The third kappa shape index (κ3) is 2.00. The van der Waals surface area contributed by atoms with Crippen molar-refractivity contribution in [2.75, 3.05) is 0 Å². The first-order chi connectivity index (χ1) is 9.68. The highest BCUT2D eigenvalue weighted by Gasteiger charge is 2.33. The molecular formula is C17H21N3. The Balaban J connectivity index is 2.17. The molecule has 104 valence electrons. The predicted octanol–water partition coefficient (Wildman–Crippen LogP) is 4.15. The van der Waals surface area contributed by atoms with Gasteiger partial charge in [-0.15, -0.1) is 0 Å². The van der Waals surface area contributed by atoms with Gasteiger partial charge in [0.2, 0.25) is 0 Å². The third-order valence-corrected chi connectivity index (χ3v) is 4.69. The lowest BCUT2D eigenvalue weighted by molar-refractivity contribution is 0.296. The van der Waals surface area contributed by atoms with E-state index in [2.05, 4.69) is 24.5 Å². The molecule has 0 spiro atoms. The highest BCUT2D eigenvalue weighted by atomic mass is 15.1. The lowest BCUT2D eigenvalue weighted by Gasteiger charge is -2.33. The van der Waals surface area contributed by atoms with Crippen molar-refractivity contribution in [1.82, 2.24) is 9.55 Å². The van der Waals surface area contributed by atoms with Gasteiger partial charge in [-0.25, -0.2) is 4.98 Å². The molecule has 1 aromatic carbocycles. The molecular weight excluding hydrogens is 246 g/mol. The second-order valence-electron chi connectivity index (χ2n) is 6.12. The number of hydrogen-bond donors (Lipinski definition) is 0. The van der Waals surface area contributed by atoms with Crippen molar-refractivity contribution in [2.24, 2.45) is 0 Å². The molecule has 0 saturated heterocycles. The fourth-order valence-corrected chi connectivity index (χ4v) is 3.54. The normalized spacial score (nSPS) is 18.1. The van der Waals surface area contributed by atoms with Crippen LogP contribution >= 0.6 is 0 Å². The number of benzene rings is 1. The van der Waals surface area contributed by atoms with Gasteiger partial charge in [-0.2, -0.15) is 5.26 Å². The van der Waals surface area contributed by atoms with Crippen LogP contribution in [0.15, 0.2) is 18.2 Å². The number of hydrogen-bond acceptors (Lipinski definition) is 2. The molecule has 1 aliphatic rings. The highest BCUT2D eigenvalue weighted by molar-refractivity contribution is 5.78. The van der Waals surface area contributed by atoms with Crippen LogP contribution in [0.25, 0.3) is 11.0 Å². The van der Waals surface area contributed by atoms with E-state index < -0.39 is 0 Å². The molecule has 0 aliphatic heterocycles. The first-order valence-corrected chi connectivity index (χ1v) is 7.59. The Morgan fingerprint density at radius 1 is 1.30 bits per heavy atom. The summed E-state index contributed by atoms with van der Waals surface area (Å²) in [4.78, 5) is 4.90. The molecule has 0 amide bonds. The zero-order chi connectivity index (χ0) is 14.2. The molecule has 1 aliphatic carbocycles. The van der Waals surface area contributed by atoms with Crippen LogP contribution in [0.2, 0.25) is 0 Å². The number of nitrogens with zero attached hydrogens (tertiary/aromatic N) is 3. The minimum atomic E-state index is 0.195. The van der Waals surface area contributed by atoms with Crippen molar-refractivity contribution in [3.05, 3.63) is 29.6 Å². The number of fused-ring (bicyclic) bond motifs is 1. The van der Waals surface area contributed by atoms with Gasteiger partial charge in [-0.1, -0.05) is 26.2 Å². The van der Waals surface area contributed by atoms with Crippen LogP contribution in [0.1, 0.15) is 57.3 Å². The zero-order valence-corrected chi connectivity index (χ0v) is 12.3. The first kappa shape index (κ1) is 13.2. The maximum absolute atomic E-state index is 9.05. The van der Waals surface area contributed by atoms with Crippen LogP contribution in [-0.4, -0.2) is 9.55 Å². The Labute approximate surface area is 120 Å². The van der Waals surface area contributed by atoms with E-state index in [1.807, 2.05) is 18.2 Å². The Hall–Kier alpha value is -1.82. The fourth-order valence-electron chi connectivity index (χ4n) is 3.54. The highest BCUT2D eigenvalue weighted by Crippen LogP contribution is 2.39. The maximum Gasteiger partial charge on any atom is 0.115 e. The van der Waals surface area contributed by atoms with E-state index >= 15 is 0 Å². The number of nitriles is 1. The van der Waals surface area contributed by atoms with Crippen LogP contribution in [-0.2, 0) is 12.0 Å². The molecule has 0 bridgehead atoms. The Morgan fingerprint density at radius 3 is 2.70 bits per heavy atom. The molecule has 0 atom stereocenters. The van der Waals surface area contributed by atoms with Gasteiger partial charge in [-0.3, -0.25) is 0 Å². The van der Waals surface area contributed by atoms with E-state index in [1.54, 1.807) is 0 Å². The van der Waals surface area contributed by atoms with Gasteiger partial charge in [0.25, 0.3) is 0 Å². The van der Waals surface area contributed by atoms with E-state index in [9.17, 15) is 0 Å². The van der Waals surface area contributed by atoms with E-state index in [0.29, 0.717) is 5.56 Å². The summed E-state index contributed by atoms with van der Waals surface area (Å²) in [7, 11) is 0. The van der Waals surface area contributed by atoms with Crippen LogP contribution in [0.5, 0.6) is 0 Å². The average molecular weight is 267 g/mol. The summed E-state index contributed by atoms with van der Waals surface area (Å²) in [5, 5.41) is 9.05. The molecule has 3 rings (SSSR count). The van der Waals surface area contributed by atoms with Gasteiger partial charge in [0.1, 0.15) is 5.82 Å².